The largest absolute Gasteiger partial charge is 0.490 e. The van der Waals surface area contributed by atoms with Crippen molar-refractivity contribution in [1.82, 2.24) is 19.5 Å². The first kappa shape index (κ1) is 12.6. The average molecular weight is 268 g/mol. The third-order valence-electron chi connectivity index (χ3n) is 2.39. The highest BCUT2D eigenvalue weighted by Gasteiger charge is 2.12. The minimum atomic E-state index is 0.152. The molecule has 0 aromatic carbocycles. The third-order valence-corrected chi connectivity index (χ3v) is 2.66. The Balaban J connectivity index is 2.07. The number of methoxy groups -OCH3 is 1. The molecule has 0 aliphatic rings. The highest BCUT2D eigenvalue weighted by molar-refractivity contribution is 6.31. The van der Waals surface area contributed by atoms with Gasteiger partial charge in [0, 0.05) is 25.0 Å². The molecule has 2 aromatic rings. The number of imidazole rings is 1. The van der Waals surface area contributed by atoms with E-state index in [-0.39, 0.29) is 6.04 Å². The number of hydrogen-bond acceptors (Lipinski definition) is 5. The standard InChI is InChI=1S/C11H14ClN5O/c1-8(5-17-4-3-13-7-17)16-11-9(18-2)10(12)14-6-15-11/h3-4,6-8H,5H2,1-2H3,(H,14,15,16). The summed E-state index contributed by atoms with van der Waals surface area (Å²) in [7, 11) is 1.54. The van der Waals surface area contributed by atoms with Crippen molar-refractivity contribution in [3.05, 3.63) is 30.2 Å². The van der Waals surface area contributed by atoms with Crippen LogP contribution >= 0.6 is 11.6 Å². The highest BCUT2D eigenvalue weighted by atomic mass is 35.5. The maximum Gasteiger partial charge on any atom is 0.198 e. The molecule has 0 aliphatic heterocycles. The van der Waals surface area contributed by atoms with E-state index >= 15 is 0 Å². The topological polar surface area (TPSA) is 64.9 Å². The maximum atomic E-state index is 5.92. The van der Waals surface area contributed by atoms with Crippen molar-refractivity contribution >= 4 is 17.4 Å². The molecule has 0 saturated carbocycles. The molecule has 0 radical (unpaired) electrons. The van der Waals surface area contributed by atoms with E-state index < -0.39 is 0 Å². The van der Waals surface area contributed by atoms with Crippen LogP contribution in [0.25, 0.3) is 0 Å². The summed E-state index contributed by atoms with van der Waals surface area (Å²) >= 11 is 5.92. The van der Waals surface area contributed by atoms with Crippen molar-refractivity contribution in [2.24, 2.45) is 0 Å². The first-order valence-electron chi connectivity index (χ1n) is 5.47. The second kappa shape index (κ2) is 5.68. The number of nitrogens with zero attached hydrogens (tertiary/aromatic N) is 4. The average Bonchev–Trinajstić information content (AvgIpc) is 2.82. The van der Waals surface area contributed by atoms with Gasteiger partial charge in [0.15, 0.2) is 16.7 Å². The van der Waals surface area contributed by atoms with E-state index in [4.69, 9.17) is 16.3 Å². The number of anilines is 1. The van der Waals surface area contributed by atoms with Gasteiger partial charge in [0.2, 0.25) is 0 Å². The van der Waals surface area contributed by atoms with E-state index in [9.17, 15) is 0 Å². The first-order chi connectivity index (χ1) is 8.70. The monoisotopic (exact) mass is 267 g/mol. The Kier molecular flexibility index (Phi) is 3.99. The van der Waals surface area contributed by atoms with Crippen LogP contribution < -0.4 is 10.1 Å². The number of nitrogens with one attached hydrogen (secondary N) is 1. The van der Waals surface area contributed by atoms with Crippen LogP contribution in [0.2, 0.25) is 5.15 Å². The number of halogens is 1. The van der Waals surface area contributed by atoms with Crippen LogP contribution in [0.1, 0.15) is 6.92 Å². The summed E-state index contributed by atoms with van der Waals surface area (Å²) in [6, 6.07) is 0.152. The van der Waals surface area contributed by atoms with Crippen LogP contribution in [-0.4, -0.2) is 32.7 Å². The highest BCUT2D eigenvalue weighted by Crippen LogP contribution is 2.28. The zero-order chi connectivity index (χ0) is 13.0. The van der Waals surface area contributed by atoms with E-state index in [1.54, 1.807) is 12.5 Å². The molecule has 1 N–H and O–H groups in total. The lowest BCUT2D eigenvalue weighted by Gasteiger charge is -2.17. The van der Waals surface area contributed by atoms with Crippen molar-refractivity contribution in [3.8, 4) is 5.75 Å². The van der Waals surface area contributed by atoms with Gasteiger partial charge in [0.1, 0.15) is 6.33 Å². The van der Waals surface area contributed by atoms with Gasteiger partial charge in [0.25, 0.3) is 0 Å². The summed E-state index contributed by atoms with van der Waals surface area (Å²) < 4.78 is 7.15. The summed E-state index contributed by atoms with van der Waals surface area (Å²) in [6.07, 6.45) is 6.82. The van der Waals surface area contributed by atoms with E-state index in [0.29, 0.717) is 16.7 Å². The molecule has 0 amide bonds. The van der Waals surface area contributed by atoms with Crippen molar-refractivity contribution in [3.63, 3.8) is 0 Å². The second-order valence-electron chi connectivity index (χ2n) is 3.85. The zero-order valence-corrected chi connectivity index (χ0v) is 10.9. The summed E-state index contributed by atoms with van der Waals surface area (Å²) in [4.78, 5) is 12.0. The Bertz CT molecular complexity index is 502. The lowest BCUT2D eigenvalue weighted by atomic mass is 10.3. The smallest absolute Gasteiger partial charge is 0.198 e. The van der Waals surface area contributed by atoms with Crippen LogP contribution in [-0.2, 0) is 6.54 Å². The van der Waals surface area contributed by atoms with Gasteiger partial charge in [-0.15, -0.1) is 0 Å². The normalized spacial score (nSPS) is 12.2. The predicted octanol–water partition coefficient (Wildman–Crippen LogP) is 1.84. The molecule has 1 unspecified atom stereocenters. The number of hydrogen-bond donors (Lipinski definition) is 1. The van der Waals surface area contributed by atoms with E-state index in [1.807, 2.05) is 17.7 Å². The molecule has 2 aromatic heterocycles. The van der Waals surface area contributed by atoms with Crippen molar-refractivity contribution in [2.75, 3.05) is 12.4 Å². The lowest BCUT2D eigenvalue weighted by Crippen LogP contribution is -2.22. The Morgan fingerprint density at radius 2 is 2.33 bits per heavy atom. The molecule has 2 rings (SSSR count). The Hall–Kier alpha value is -1.82. The summed E-state index contributed by atoms with van der Waals surface area (Å²) in [5.74, 6) is 1.04. The minimum absolute atomic E-state index is 0.152. The number of aromatic nitrogens is 4. The summed E-state index contributed by atoms with van der Waals surface area (Å²) in [5.41, 5.74) is 0. The van der Waals surface area contributed by atoms with Gasteiger partial charge in [-0.05, 0) is 6.92 Å². The number of ether oxygens (including phenoxy) is 1. The third kappa shape index (κ3) is 2.89. The Morgan fingerprint density at radius 3 is 3.00 bits per heavy atom. The molecule has 1 atom stereocenters. The van der Waals surface area contributed by atoms with Crippen LogP contribution in [0.3, 0.4) is 0 Å². The first-order valence-corrected chi connectivity index (χ1v) is 5.85. The van der Waals surface area contributed by atoms with Gasteiger partial charge >= 0.3 is 0 Å². The molecule has 0 fully saturated rings. The van der Waals surface area contributed by atoms with Gasteiger partial charge in [0.05, 0.1) is 13.4 Å². The van der Waals surface area contributed by atoms with Crippen molar-refractivity contribution < 1.29 is 4.74 Å². The van der Waals surface area contributed by atoms with Crippen molar-refractivity contribution in [1.29, 1.82) is 0 Å². The zero-order valence-electron chi connectivity index (χ0n) is 10.2. The fraction of sp³-hybridized carbons (Fsp3) is 0.364. The SMILES string of the molecule is COc1c(Cl)ncnc1NC(C)Cn1ccnc1. The van der Waals surface area contributed by atoms with E-state index in [2.05, 4.69) is 20.3 Å². The Labute approximate surface area is 110 Å². The van der Waals surface area contributed by atoms with Crippen LogP contribution in [0.4, 0.5) is 5.82 Å². The molecule has 18 heavy (non-hydrogen) atoms. The predicted molar refractivity (Wildman–Crippen MR) is 68.9 cm³/mol. The van der Waals surface area contributed by atoms with Gasteiger partial charge < -0.3 is 14.6 Å². The summed E-state index contributed by atoms with van der Waals surface area (Å²) in [6.45, 7) is 2.81. The molecule has 0 saturated heterocycles. The molecule has 6 nitrogen and oxygen atoms in total. The van der Waals surface area contributed by atoms with Crippen LogP contribution in [0.5, 0.6) is 5.75 Å². The van der Waals surface area contributed by atoms with Crippen LogP contribution in [0, 0.1) is 0 Å². The number of rotatable bonds is 5. The molecule has 0 bridgehead atoms. The molecule has 7 heteroatoms. The van der Waals surface area contributed by atoms with Gasteiger partial charge in [-0.1, -0.05) is 11.6 Å². The fourth-order valence-corrected chi connectivity index (χ4v) is 1.84. The van der Waals surface area contributed by atoms with E-state index in [1.165, 1.54) is 13.4 Å². The second-order valence-corrected chi connectivity index (χ2v) is 4.21. The molecule has 96 valence electrons. The molecule has 2 heterocycles. The molecular weight excluding hydrogens is 254 g/mol. The molecular formula is C11H14ClN5O. The maximum absolute atomic E-state index is 5.92. The molecule has 0 spiro atoms. The van der Waals surface area contributed by atoms with E-state index in [0.717, 1.165) is 6.54 Å². The van der Waals surface area contributed by atoms with Crippen LogP contribution in [0.15, 0.2) is 25.0 Å². The minimum Gasteiger partial charge on any atom is -0.490 e. The van der Waals surface area contributed by atoms with Gasteiger partial charge in [-0.2, -0.15) is 0 Å². The Morgan fingerprint density at radius 1 is 1.50 bits per heavy atom. The molecule has 0 aliphatic carbocycles. The van der Waals surface area contributed by atoms with Gasteiger partial charge in [-0.25, -0.2) is 15.0 Å². The fourth-order valence-electron chi connectivity index (χ4n) is 1.63. The summed E-state index contributed by atoms with van der Waals surface area (Å²) in [5, 5.41) is 3.53. The quantitative estimate of drug-likeness (QED) is 0.838. The van der Waals surface area contributed by atoms with Crippen molar-refractivity contribution in [2.45, 2.75) is 19.5 Å². The lowest BCUT2D eigenvalue weighted by molar-refractivity contribution is 0.412. The van der Waals surface area contributed by atoms with Gasteiger partial charge in [-0.3, -0.25) is 0 Å².